The van der Waals surface area contributed by atoms with Crippen LogP contribution in [-0.4, -0.2) is 10.4 Å². The van der Waals surface area contributed by atoms with Crippen molar-refractivity contribution >= 4 is 16.7 Å². The van der Waals surface area contributed by atoms with Crippen molar-refractivity contribution in [2.45, 2.75) is 26.8 Å². The molecule has 0 spiro atoms. The maximum Gasteiger partial charge on any atom is 0.251 e. The third-order valence-corrected chi connectivity index (χ3v) is 3.38. The monoisotopic (exact) mass is 243 g/mol. The second kappa shape index (κ2) is 5.17. The van der Waals surface area contributed by atoms with E-state index in [1.165, 1.54) is 6.07 Å². The third-order valence-electron chi connectivity index (χ3n) is 3.38. The van der Waals surface area contributed by atoms with Gasteiger partial charge >= 0.3 is 0 Å². The lowest BCUT2D eigenvalue weighted by atomic mass is 10.0. The smallest absolute Gasteiger partial charge is 0.251 e. The molecule has 0 aliphatic carbocycles. The predicted octanol–water partition coefficient (Wildman–Crippen LogP) is 2.62. The molecule has 2 rings (SSSR count). The Bertz CT molecular complexity index is 628. The van der Waals surface area contributed by atoms with Gasteiger partial charge in [-0.1, -0.05) is 32.0 Å². The number of pyridine rings is 1. The Labute approximate surface area is 106 Å². The van der Waals surface area contributed by atoms with Gasteiger partial charge in [0.15, 0.2) is 5.78 Å². The van der Waals surface area contributed by atoms with Crippen LogP contribution < -0.4 is 5.56 Å². The summed E-state index contributed by atoms with van der Waals surface area (Å²) in [5.74, 6) is 0.104. The number of fused-ring (bicyclic) bond motifs is 1. The van der Waals surface area contributed by atoms with Gasteiger partial charge in [-0.25, -0.2) is 0 Å². The van der Waals surface area contributed by atoms with Gasteiger partial charge in [0.2, 0.25) is 0 Å². The molecule has 0 saturated heterocycles. The maximum absolute atomic E-state index is 12.0. The molecule has 0 bridgehead atoms. The number of para-hydroxylation sites is 1. The molecule has 1 unspecified atom stereocenters. The zero-order valence-corrected chi connectivity index (χ0v) is 10.7. The Morgan fingerprint density at radius 1 is 1.22 bits per heavy atom. The number of benzene rings is 1. The van der Waals surface area contributed by atoms with Crippen LogP contribution in [0.1, 0.15) is 20.3 Å². The molecule has 1 aromatic heterocycles. The first-order valence-corrected chi connectivity index (χ1v) is 6.24. The summed E-state index contributed by atoms with van der Waals surface area (Å²) in [6, 6.07) is 10.9. The van der Waals surface area contributed by atoms with E-state index in [4.69, 9.17) is 0 Å². The van der Waals surface area contributed by atoms with E-state index in [1.54, 1.807) is 10.6 Å². The number of hydrogen-bond donors (Lipinski definition) is 0. The summed E-state index contributed by atoms with van der Waals surface area (Å²) in [5.41, 5.74) is 0.701. The third kappa shape index (κ3) is 2.35. The van der Waals surface area contributed by atoms with Gasteiger partial charge in [-0.05, 0) is 23.9 Å². The van der Waals surface area contributed by atoms with Gasteiger partial charge in [0.25, 0.3) is 5.56 Å². The molecule has 0 saturated carbocycles. The summed E-state index contributed by atoms with van der Waals surface area (Å²) >= 11 is 0. The summed E-state index contributed by atoms with van der Waals surface area (Å²) in [7, 11) is 0. The molecule has 3 nitrogen and oxygen atoms in total. The Morgan fingerprint density at radius 3 is 2.67 bits per heavy atom. The average molecular weight is 243 g/mol. The van der Waals surface area contributed by atoms with Gasteiger partial charge in [0.05, 0.1) is 12.1 Å². The van der Waals surface area contributed by atoms with Crippen LogP contribution in [0.25, 0.3) is 10.9 Å². The summed E-state index contributed by atoms with van der Waals surface area (Å²) < 4.78 is 1.56. The highest BCUT2D eigenvalue weighted by molar-refractivity contribution is 5.84. The molecule has 18 heavy (non-hydrogen) atoms. The number of rotatable bonds is 4. The van der Waals surface area contributed by atoms with Crippen molar-refractivity contribution in [1.82, 2.24) is 4.57 Å². The first-order valence-electron chi connectivity index (χ1n) is 6.24. The molecule has 0 fully saturated rings. The topological polar surface area (TPSA) is 39.1 Å². The molecular weight excluding hydrogens is 226 g/mol. The van der Waals surface area contributed by atoms with Gasteiger partial charge in [-0.15, -0.1) is 0 Å². The van der Waals surface area contributed by atoms with E-state index in [0.717, 1.165) is 17.3 Å². The first kappa shape index (κ1) is 12.6. The summed E-state index contributed by atoms with van der Waals surface area (Å²) in [5, 5.41) is 0.981. The number of ketones is 1. The fourth-order valence-electron chi connectivity index (χ4n) is 1.95. The Morgan fingerprint density at radius 2 is 1.94 bits per heavy atom. The maximum atomic E-state index is 12.0. The van der Waals surface area contributed by atoms with Crippen molar-refractivity contribution in [1.29, 1.82) is 0 Å². The van der Waals surface area contributed by atoms with E-state index in [0.29, 0.717) is 0 Å². The van der Waals surface area contributed by atoms with E-state index >= 15 is 0 Å². The molecule has 1 atom stereocenters. The highest BCUT2D eigenvalue weighted by Crippen LogP contribution is 2.12. The Kier molecular flexibility index (Phi) is 3.60. The van der Waals surface area contributed by atoms with Crippen LogP contribution in [-0.2, 0) is 11.3 Å². The minimum Gasteiger partial charge on any atom is -0.301 e. The fourth-order valence-corrected chi connectivity index (χ4v) is 1.95. The van der Waals surface area contributed by atoms with Crippen molar-refractivity contribution < 1.29 is 4.79 Å². The van der Waals surface area contributed by atoms with Crippen LogP contribution >= 0.6 is 0 Å². The number of carbonyl (C=O) groups excluding carboxylic acids is 1. The minimum atomic E-state index is -0.120. The molecule has 0 N–H and O–H groups in total. The summed E-state index contributed by atoms with van der Waals surface area (Å²) in [6.45, 7) is 4.04. The minimum absolute atomic E-state index is 0.00383. The van der Waals surface area contributed by atoms with E-state index in [1.807, 2.05) is 38.1 Å². The quantitative estimate of drug-likeness (QED) is 0.828. The van der Waals surface area contributed by atoms with Crippen LogP contribution in [0.2, 0.25) is 0 Å². The predicted molar refractivity (Wildman–Crippen MR) is 72.7 cm³/mol. The van der Waals surface area contributed by atoms with Crippen molar-refractivity contribution in [2.24, 2.45) is 5.92 Å². The molecule has 0 aliphatic heterocycles. The number of Topliss-reactive ketones (excluding diaryl/α,β-unsaturated/α-hetero) is 1. The van der Waals surface area contributed by atoms with E-state index in [2.05, 4.69) is 0 Å². The molecular formula is C15H17NO2. The van der Waals surface area contributed by atoms with Gasteiger partial charge in [0.1, 0.15) is 0 Å². The van der Waals surface area contributed by atoms with Crippen molar-refractivity contribution in [3.05, 3.63) is 46.8 Å². The number of aromatic nitrogens is 1. The Hall–Kier alpha value is -1.90. The second-order valence-electron chi connectivity index (χ2n) is 4.59. The summed E-state index contributed by atoms with van der Waals surface area (Å²) in [4.78, 5) is 23.9. The molecule has 94 valence electrons. The molecule has 3 heteroatoms. The molecule has 2 aromatic rings. The lowest BCUT2D eigenvalue weighted by Crippen LogP contribution is -2.26. The fraction of sp³-hybridized carbons (Fsp3) is 0.333. The zero-order valence-electron chi connectivity index (χ0n) is 10.7. The SMILES string of the molecule is CCC(C)C(=O)Cn1c(=O)ccc2ccccc21. The van der Waals surface area contributed by atoms with Crippen molar-refractivity contribution in [2.75, 3.05) is 0 Å². The van der Waals surface area contributed by atoms with Crippen LogP contribution in [0, 0.1) is 5.92 Å². The van der Waals surface area contributed by atoms with Crippen LogP contribution in [0.4, 0.5) is 0 Å². The average Bonchev–Trinajstić information content (AvgIpc) is 2.41. The number of hydrogen-bond acceptors (Lipinski definition) is 2. The van der Waals surface area contributed by atoms with E-state index in [-0.39, 0.29) is 23.8 Å². The lowest BCUT2D eigenvalue weighted by molar-refractivity contribution is -0.123. The highest BCUT2D eigenvalue weighted by atomic mass is 16.1. The molecule has 0 radical (unpaired) electrons. The zero-order chi connectivity index (χ0) is 13.1. The highest BCUT2D eigenvalue weighted by Gasteiger charge is 2.13. The van der Waals surface area contributed by atoms with E-state index in [9.17, 15) is 9.59 Å². The molecule has 0 amide bonds. The van der Waals surface area contributed by atoms with E-state index < -0.39 is 0 Å². The van der Waals surface area contributed by atoms with Gasteiger partial charge in [0, 0.05) is 12.0 Å². The van der Waals surface area contributed by atoms with Gasteiger partial charge in [-0.3, -0.25) is 9.59 Å². The second-order valence-corrected chi connectivity index (χ2v) is 4.59. The van der Waals surface area contributed by atoms with Gasteiger partial charge < -0.3 is 4.57 Å². The molecule has 0 aliphatic rings. The first-order chi connectivity index (χ1) is 8.63. The van der Waals surface area contributed by atoms with Crippen molar-refractivity contribution in [3.63, 3.8) is 0 Å². The van der Waals surface area contributed by atoms with Crippen LogP contribution in [0.15, 0.2) is 41.2 Å². The molecule has 1 heterocycles. The van der Waals surface area contributed by atoms with Crippen LogP contribution in [0.3, 0.4) is 0 Å². The lowest BCUT2D eigenvalue weighted by Gasteiger charge is -2.12. The standard InChI is InChI=1S/C15H17NO2/c1-3-11(2)14(17)10-16-13-7-5-4-6-12(13)8-9-15(16)18/h4-9,11H,3,10H2,1-2H3. The molecule has 1 aromatic carbocycles. The normalized spacial score (nSPS) is 12.6. The van der Waals surface area contributed by atoms with Crippen molar-refractivity contribution in [3.8, 4) is 0 Å². The largest absolute Gasteiger partial charge is 0.301 e. The number of nitrogens with zero attached hydrogens (tertiary/aromatic N) is 1. The number of carbonyl (C=O) groups is 1. The Balaban J connectivity index is 2.47. The van der Waals surface area contributed by atoms with Gasteiger partial charge in [-0.2, -0.15) is 0 Å². The van der Waals surface area contributed by atoms with Crippen LogP contribution in [0.5, 0.6) is 0 Å². The summed E-state index contributed by atoms with van der Waals surface area (Å²) in [6.07, 6.45) is 0.804.